The maximum atomic E-state index is 11.4. The molecule has 6 heteroatoms. The van der Waals surface area contributed by atoms with E-state index in [0.29, 0.717) is 13.1 Å². The van der Waals surface area contributed by atoms with E-state index in [-0.39, 0.29) is 5.91 Å². The molecule has 0 aromatic carbocycles. The molecule has 1 aromatic rings. The van der Waals surface area contributed by atoms with E-state index in [1.165, 1.54) is 5.56 Å². The van der Waals surface area contributed by atoms with Crippen molar-refractivity contribution in [2.24, 2.45) is 7.05 Å². The smallest absolute Gasteiger partial charge is 0.239 e. The van der Waals surface area contributed by atoms with E-state index in [9.17, 15) is 4.79 Å². The summed E-state index contributed by atoms with van der Waals surface area (Å²) in [5.74, 6) is 1.12. The van der Waals surface area contributed by atoms with Crippen molar-refractivity contribution in [3.05, 3.63) is 11.3 Å². The number of nitrogens with zero attached hydrogens (tertiary/aromatic N) is 3. The minimum absolute atomic E-state index is 0.0745. The molecule has 0 unspecified atom stereocenters. The first kappa shape index (κ1) is 11.9. The molecule has 1 aromatic heterocycles. The van der Waals surface area contributed by atoms with Crippen LogP contribution in [0.4, 0.5) is 5.82 Å². The molecular weight excluding hydrogens is 218 g/mol. The molecule has 17 heavy (non-hydrogen) atoms. The van der Waals surface area contributed by atoms with Crippen molar-refractivity contribution in [2.75, 3.05) is 31.6 Å². The highest BCUT2D eigenvalue weighted by atomic mass is 16.2. The number of hydrogen-bond donors (Lipinski definition) is 2. The molecule has 94 valence electrons. The van der Waals surface area contributed by atoms with Gasteiger partial charge in [-0.1, -0.05) is 0 Å². The zero-order valence-electron chi connectivity index (χ0n) is 10.6. The van der Waals surface area contributed by atoms with Gasteiger partial charge in [-0.2, -0.15) is 5.10 Å². The Morgan fingerprint density at radius 3 is 2.94 bits per heavy atom. The summed E-state index contributed by atoms with van der Waals surface area (Å²) in [5.41, 5.74) is 2.19. The molecule has 6 nitrogen and oxygen atoms in total. The largest absolute Gasteiger partial charge is 0.353 e. The van der Waals surface area contributed by atoms with Gasteiger partial charge >= 0.3 is 0 Å². The second kappa shape index (κ2) is 4.75. The van der Waals surface area contributed by atoms with E-state index in [4.69, 9.17) is 0 Å². The molecule has 1 aliphatic heterocycles. The first-order chi connectivity index (χ1) is 8.13. The molecule has 2 rings (SSSR count). The number of aromatic nitrogens is 2. The van der Waals surface area contributed by atoms with Gasteiger partial charge < -0.3 is 15.5 Å². The number of anilines is 1. The van der Waals surface area contributed by atoms with Gasteiger partial charge in [0, 0.05) is 32.2 Å². The van der Waals surface area contributed by atoms with E-state index in [0.717, 1.165) is 24.6 Å². The number of carbonyl (C=O) groups is 1. The number of amides is 1. The average molecular weight is 237 g/mol. The number of rotatable bonds is 3. The lowest BCUT2D eigenvalue weighted by atomic mass is 10.2. The van der Waals surface area contributed by atoms with Gasteiger partial charge in [-0.05, 0) is 14.0 Å². The summed E-state index contributed by atoms with van der Waals surface area (Å²) in [4.78, 5) is 13.5. The lowest BCUT2D eigenvalue weighted by Gasteiger charge is -2.29. The highest BCUT2D eigenvalue weighted by molar-refractivity contribution is 5.82. The second-order valence-electron chi connectivity index (χ2n) is 4.31. The third-order valence-corrected chi connectivity index (χ3v) is 3.00. The molecule has 0 radical (unpaired) electrons. The molecule has 0 spiro atoms. The summed E-state index contributed by atoms with van der Waals surface area (Å²) in [6, 6.07) is 0. The molecule has 0 bridgehead atoms. The molecule has 0 aliphatic carbocycles. The number of carbonyl (C=O) groups excluding carboxylic acids is 1. The van der Waals surface area contributed by atoms with Crippen LogP contribution in [0.3, 0.4) is 0 Å². The minimum Gasteiger partial charge on any atom is -0.353 e. The fraction of sp³-hybridized carbons (Fsp3) is 0.636. The maximum Gasteiger partial charge on any atom is 0.239 e. The molecule has 0 atom stereocenters. The Morgan fingerprint density at radius 1 is 1.53 bits per heavy atom. The number of piperazine rings is 1. The van der Waals surface area contributed by atoms with Crippen molar-refractivity contribution in [1.82, 2.24) is 20.4 Å². The summed E-state index contributed by atoms with van der Waals surface area (Å²) in [6.45, 7) is 4.71. The van der Waals surface area contributed by atoms with Gasteiger partial charge in [0.25, 0.3) is 0 Å². The highest BCUT2D eigenvalue weighted by Gasteiger charge is 2.23. The Balaban J connectivity index is 2.32. The summed E-state index contributed by atoms with van der Waals surface area (Å²) in [5, 5.41) is 10.4. The Labute approximate surface area is 101 Å². The Morgan fingerprint density at radius 2 is 2.29 bits per heavy atom. The van der Waals surface area contributed by atoms with E-state index in [2.05, 4.69) is 20.6 Å². The SMILES string of the molecule is CNCc1c(C)nn(C)c1N1CCNC(=O)C1. The van der Waals surface area contributed by atoms with Crippen LogP contribution in [0, 0.1) is 6.92 Å². The summed E-state index contributed by atoms with van der Waals surface area (Å²) in [6.07, 6.45) is 0. The van der Waals surface area contributed by atoms with E-state index >= 15 is 0 Å². The van der Waals surface area contributed by atoms with Crippen molar-refractivity contribution in [1.29, 1.82) is 0 Å². The van der Waals surface area contributed by atoms with Crippen LogP contribution in [0.25, 0.3) is 0 Å². The fourth-order valence-corrected chi connectivity index (χ4v) is 2.29. The van der Waals surface area contributed by atoms with Crippen LogP contribution in [0.1, 0.15) is 11.3 Å². The normalized spacial score (nSPS) is 16.2. The molecule has 1 aliphatic rings. The van der Waals surface area contributed by atoms with Crippen molar-refractivity contribution in [3.8, 4) is 0 Å². The second-order valence-corrected chi connectivity index (χ2v) is 4.31. The summed E-state index contributed by atoms with van der Waals surface area (Å²) >= 11 is 0. The molecule has 1 saturated heterocycles. The molecule has 2 N–H and O–H groups in total. The van der Waals surface area contributed by atoms with E-state index in [1.54, 1.807) is 0 Å². The average Bonchev–Trinajstić information content (AvgIpc) is 2.54. The zero-order valence-corrected chi connectivity index (χ0v) is 10.6. The van der Waals surface area contributed by atoms with Gasteiger partial charge in [0.1, 0.15) is 5.82 Å². The van der Waals surface area contributed by atoms with Gasteiger partial charge in [-0.25, -0.2) is 0 Å². The van der Waals surface area contributed by atoms with E-state index in [1.807, 2.05) is 25.7 Å². The molecule has 2 heterocycles. The Kier molecular flexibility index (Phi) is 3.33. The van der Waals surface area contributed by atoms with Crippen molar-refractivity contribution >= 4 is 11.7 Å². The van der Waals surface area contributed by atoms with Crippen LogP contribution in [0.2, 0.25) is 0 Å². The first-order valence-electron chi connectivity index (χ1n) is 5.82. The van der Waals surface area contributed by atoms with Gasteiger partial charge in [-0.15, -0.1) is 0 Å². The summed E-state index contributed by atoms with van der Waals surface area (Å²) < 4.78 is 1.86. The number of hydrogen-bond acceptors (Lipinski definition) is 4. The third-order valence-electron chi connectivity index (χ3n) is 3.00. The fourth-order valence-electron chi connectivity index (χ4n) is 2.29. The number of aryl methyl sites for hydroxylation is 2. The van der Waals surface area contributed by atoms with Gasteiger partial charge in [0.05, 0.1) is 12.2 Å². The minimum atomic E-state index is 0.0745. The van der Waals surface area contributed by atoms with Crippen molar-refractivity contribution < 1.29 is 4.79 Å². The molecule has 1 fully saturated rings. The topological polar surface area (TPSA) is 62.2 Å². The van der Waals surface area contributed by atoms with Crippen LogP contribution in [-0.4, -0.2) is 42.4 Å². The maximum absolute atomic E-state index is 11.4. The van der Waals surface area contributed by atoms with Crippen molar-refractivity contribution in [3.63, 3.8) is 0 Å². The quantitative estimate of drug-likeness (QED) is 0.736. The first-order valence-corrected chi connectivity index (χ1v) is 5.82. The highest BCUT2D eigenvalue weighted by Crippen LogP contribution is 2.23. The van der Waals surface area contributed by atoms with Gasteiger partial charge in [-0.3, -0.25) is 9.48 Å². The van der Waals surface area contributed by atoms with Crippen LogP contribution in [0.15, 0.2) is 0 Å². The zero-order chi connectivity index (χ0) is 12.4. The number of nitrogens with one attached hydrogen (secondary N) is 2. The van der Waals surface area contributed by atoms with Crippen molar-refractivity contribution in [2.45, 2.75) is 13.5 Å². The standard InChI is InChI=1S/C11H19N5O/c1-8-9(6-12-2)11(15(3)14-8)16-5-4-13-10(17)7-16/h12H,4-7H2,1-3H3,(H,13,17). The van der Waals surface area contributed by atoms with Crippen LogP contribution >= 0.6 is 0 Å². The monoisotopic (exact) mass is 237 g/mol. The third kappa shape index (κ3) is 2.26. The van der Waals surface area contributed by atoms with Crippen LogP contribution < -0.4 is 15.5 Å². The Bertz CT molecular complexity index is 426. The predicted molar refractivity (Wildman–Crippen MR) is 65.9 cm³/mol. The van der Waals surface area contributed by atoms with Crippen LogP contribution in [0.5, 0.6) is 0 Å². The van der Waals surface area contributed by atoms with Gasteiger partial charge in [0.15, 0.2) is 0 Å². The van der Waals surface area contributed by atoms with Gasteiger partial charge in [0.2, 0.25) is 5.91 Å². The lowest BCUT2D eigenvalue weighted by molar-refractivity contribution is -0.120. The van der Waals surface area contributed by atoms with Crippen LogP contribution in [-0.2, 0) is 18.4 Å². The molecule has 1 amide bonds. The predicted octanol–water partition coefficient (Wildman–Crippen LogP) is -0.616. The molecular formula is C11H19N5O. The Hall–Kier alpha value is -1.56. The molecule has 0 saturated carbocycles. The van der Waals surface area contributed by atoms with E-state index < -0.39 is 0 Å². The summed E-state index contributed by atoms with van der Waals surface area (Å²) in [7, 11) is 3.84. The lowest BCUT2D eigenvalue weighted by Crippen LogP contribution is -2.48.